The molecule has 0 aromatic rings. The summed E-state index contributed by atoms with van der Waals surface area (Å²) in [5, 5.41) is 3.70. The number of rotatable bonds is 5. The number of hydrogen-bond acceptors (Lipinski definition) is 5. The monoisotopic (exact) mass is 537 g/mol. The maximum atomic E-state index is 12.5. The van der Waals surface area contributed by atoms with E-state index in [1.807, 2.05) is 4.90 Å². The molecule has 1 aliphatic carbocycles. The smallest absolute Gasteiger partial charge is 0.236 e. The van der Waals surface area contributed by atoms with Crippen LogP contribution in [0.5, 0.6) is 0 Å². The van der Waals surface area contributed by atoms with Crippen molar-refractivity contribution in [2.75, 3.05) is 72.7 Å². The molecule has 2 saturated heterocycles. The first-order valence-electron chi connectivity index (χ1n) is 11.0. The van der Waals surface area contributed by atoms with Crippen LogP contribution in [0.25, 0.3) is 0 Å². The molecular weight excluding hydrogens is 497 g/mol. The Bertz CT molecular complexity index is 603. The average Bonchev–Trinajstić information content (AvgIpc) is 2.73. The number of hydrogen-bond donors (Lipinski definition) is 1. The van der Waals surface area contributed by atoms with E-state index in [-0.39, 0.29) is 40.9 Å². The third-order valence-electron chi connectivity index (χ3n) is 7.28. The van der Waals surface area contributed by atoms with E-state index in [0.717, 1.165) is 45.1 Å². The number of amides is 1. The van der Waals surface area contributed by atoms with E-state index in [1.165, 1.54) is 0 Å². The Hall–Kier alpha value is -0.650. The molecule has 0 aromatic carbocycles. The minimum absolute atomic E-state index is 0. The maximum Gasteiger partial charge on any atom is 0.236 e. The molecule has 0 spiro atoms. The molecule has 2 aliphatic heterocycles. The molecule has 2 unspecified atom stereocenters. The number of aliphatic imine (C=N–C) groups is 1. The number of morpholine rings is 1. The molecule has 2 heterocycles. The summed E-state index contributed by atoms with van der Waals surface area (Å²) in [7, 11) is 1.80. The Balaban J connectivity index is 0.00000320. The van der Waals surface area contributed by atoms with E-state index in [0.29, 0.717) is 38.9 Å². The van der Waals surface area contributed by atoms with Crippen molar-refractivity contribution in [2.24, 2.45) is 10.4 Å². The molecule has 2 atom stereocenters. The lowest BCUT2D eigenvalue weighted by Gasteiger charge is -2.59. The Kier molecular flexibility index (Phi) is 9.20. The van der Waals surface area contributed by atoms with E-state index < -0.39 is 0 Å². The van der Waals surface area contributed by atoms with Crippen LogP contribution in [-0.4, -0.2) is 111 Å². The van der Waals surface area contributed by atoms with Crippen molar-refractivity contribution in [3.05, 3.63) is 0 Å². The first-order chi connectivity index (χ1) is 13.8. The molecule has 30 heavy (non-hydrogen) atoms. The minimum Gasteiger partial charge on any atom is -0.378 e. The van der Waals surface area contributed by atoms with Gasteiger partial charge >= 0.3 is 0 Å². The van der Waals surface area contributed by atoms with E-state index in [2.05, 4.69) is 42.8 Å². The van der Waals surface area contributed by atoms with Crippen molar-refractivity contribution in [2.45, 2.75) is 45.8 Å². The molecule has 1 N–H and O–H groups in total. The summed E-state index contributed by atoms with van der Waals surface area (Å²) < 4.78 is 11.1. The highest BCUT2D eigenvalue weighted by Crippen LogP contribution is 2.51. The molecule has 3 aliphatic rings. The highest BCUT2D eigenvalue weighted by molar-refractivity contribution is 14.0. The molecule has 8 nitrogen and oxygen atoms in total. The molecular formula is C21H40IN5O3. The number of ether oxygens (including phenoxy) is 2. The molecule has 9 heteroatoms. The van der Waals surface area contributed by atoms with Gasteiger partial charge in [0, 0.05) is 64.4 Å². The van der Waals surface area contributed by atoms with Gasteiger partial charge in [0.2, 0.25) is 5.91 Å². The van der Waals surface area contributed by atoms with Gasteiger partial charge in [0.15, 0.2) is 5.96 Å². The predicted molar refractivity (Wildman–Crippen MR) is 130 cm³/mol. The zero-order valence-corrected chi connectivity index (χ0v) is 21.6. The summed E-state index contributed by atoms with van der Waals surface area (Å²) in [5.74, 6) is 1.21. The zero-order chi connectivity index (χ0) is 21.1. The highest BCUT2D eigenvalue weighted by Gasteiger charge is 2.58. The van der Waals surface area contributed by atoms with Crippen molar-refractivity contribution >= 4 is 35.8 Å². The van der Waals surface area contributed by atoms with Crippen LogP contribution in [0.2, 0.25) is 0 Å². The fourth-order valence-corrected chi connectivity index (χ4v) is 4.49. The SMILES string of the molecule is CCN=C(NC1CC(C)(OC)C1(C)C)N1CCN(CC(=O)N2CCOCC2)CC1.I. The number of nitrogens with zero attached hydrogens (tertiary/aromatic N) is 4. The molecule has 1 saturated carbocycles. The summed E-state index contributed by atoms with van der Waals surface area (Å²) in [5.41, 5.74) is -0.0524. The lowest BCUT2D eigenvalue weighted by molar-refractivity contribution is -0.177. The Morgan fingerprint density at radius 2 is 1.73 bits per heavy atom. The lowest BCUT2D eigenvalue weighted by atomic mass is 9.56. The summed E-state index contributed by atoms with van der Waals surface area (Å²) in [6, 6.07) is 0.346. The fourth-order valence-electron chi connectivity index (χ4n) is 4.49. The molecule has 174 valence electrons. The molecule has 0 bridgehead atoms. The number of carbonyl (C=O) groups excluding carboxylic acids is 1. The zero-order valence-electron chi connectivity index (χ0n) is 19.3. The molecule has 0 radical (unpaired) electrons. The van der Waals surface area contributed by atoms with Crippen LogP contribution in [0, 0.1) is 5.41 Å². The summed E-state index contributed by atoms with van der Waals surface area (Å²) in [6.45, 7) is 16.3. The molecule has 3 fully saturated rings. The Morgan fingerprint density at radius 1 is 1.10 bits per heavy atom. The first kappa shape index (κ1) is 25.6. The van der Waals surface area contributed by atoms with E-state index >= 15 is 0 Å². The second-order valence-electron chi connectivity index (χ2n) is 9.11. The van der Waals surface area contributed by atoms with Crippen molar-refractivity contribution in [1.82, 2.24) is 20.0 Å². The second-order valence-corrected chi connectivity index (χ2v) is 9.11. The van der Waals surface area contributed by atoms with Crippen LogP contribution in [0.4, 0.5) is 0 Å². The number of carbonyl (C=O) groups is 1. The predicted octanol–water partition coefficient (Wildman–Crippen LogP) is 1.25. The maximum absolute atomic E-state index is 12.5. The van der Waals surface area contributed by atoms with E-state index in [9.17, 15) is 4.79 Å². The average molecular weight is 537 g/mol. The van der Waals surface area contributed by atoms with Gasteiger partial charge in [0.05, 0.1) is 25.4 Å². The third kappa shape index (κ3) is 5.39. The largest absolute Gasteiger partial charge is 0.378 e. The Labute approximate surface area is 198 Å². The summed E-state index contributed by atoms with van der Waals surface area (Å²) >= 11 is 0. The number of piperazine rings is 1. The van der Waals surface area contributed by atoms with Crippen molar-refractivity contribution in [3.63, 3.8) is 0 Å². The van der Waals surface area contributed by atoms with Gasteiger partial charge in [-0.25, -0.2) is 0 Å². The van der Waals surface area contributed by atoms with Gasteiger partial charge in [0.25, 0.3) is 0 Å². The molecule has 1 amide bonds. The number of nitrogens with one attached hydrogen (secondary N) is 1. The molecule has 0 aromatic heterocycles. The van der Waals surface area contributed by atoms with E-state index in [1.54, 1.807) is 7.11 Å². The quantitative estimate of drug-likeness (QED) is 0.324. The highest BCUT2D eigenvalue weighted by atomic mass is 127. The van der Waals surface area contributed by atoms with Crippen molar-refractivity contribution < 1.29 is 14.3 Å². The van der Waals surface area contributed by atoms with Gasteiger partial charge in [-0.3, -0.25) is 14.7 Å². The van der Waals surface area contributed by atoms with Gasteiger partial charge in [-0.15, -0.1) is 24.0 Å². The Morgan fingerprint density at radius 3 is 2.27 bits per heavy atom. The van der Waals surface area contributed by atoms with Crippen LogP contribution in [0.3, 0.4) is 0 Å². The van der Waals surface area contributed by atoms with Crippen molar-refractivity contribution in [1.29, 1.82) is 0 Å². The van der Waals surface area contributed by atoms with Crippen LogP contribution >= 0.6 is 24.0 Å². The van der Waals surface area contributed by atoms with Gasteiger partial charge in [-0.1, -0.05) is 13.8 Å². The lowest BCUT2D eigenvalue weighted by Crippen LogP contribution is -2.70. The van der Waals surface area contributed by atoms with E-state index in [4.69, 9.17) is 14.5 Å². The van der Waals surface area contributed by atoms with Gasteiger partial charge < -0.3 is 24.6 Å². The fraction of sp³-hybridized carbons (Fsp3) is 0.905. The third-order valence-corrected chi connectivity index (χ3v) is 7.28. The van der Waals surface area contributed by atoms with Gasteiger partial charge in [-0.05, 0) is 20.3 Å². The topological polar surface area (TPSA) is 69.6 Å². The van der Waals surface area contributed by atoms with Crippen LogP contribution in [0.1, 0.15) is 34.1 Å². The number of methoxy groups -OCH3 is 1. The van der Waals surface area contributed by atoms with Gasteiger partial charge in [-0.2, -0.15) is 0 Å². The standard InChI is InChI=1S/C21H39N5O3.HI/c1-6-22-19(23-17-15-21(4,28-5)20(17,2)3)26-9-7-24(8-10-26)16-18(27)25-11-13-29-14-12-25;/h17H,6-16H2,1-5H3,(H,22,23);1H. The van der Waals surface area contributed by atoms with Crippen LogP contribution < -0.4 is 5.32 Å². The van der Waals surface area contributed by atoms with Gasteiger partial charge in [0.1, 0.15) is 0 Å². The van der Waals surface area contributed by atoms with Crippen LogP contribution in [-0.2, 0) is 14.3 Å². The number of guanidine groups is 1. The number of halogens is 1. The summed E-state index contributed by atoms with van der Waals surface area (Å²) in [4.78, 5) is 23.8. The molecule has 3 rings (SSSR count). The minimum atomic E-state index is -0.0967. The van der Waals surface area contributed by atoms with Crippen LogP contribution in [0.15, 0.2) is 4.99 Å². The summed E-state index contributed by atoms with van der Waals surface area (Å²) in [6.07, 6.45) is 0.979. The first-order valence-corrected chi connectivity index (χ1v) is 11.0. The van der Waals surface area contributed by atoms with Crippen molar-refractivity contribution in [3.8, 4) is 0 Å². The normalized spacial score (nSPS) is 29.8. The second kappa shape index (κ2) is 10.8.